The van der Waals surface area contributed by atoms with Crippen molar-refractivity contribution in [2.45, 2.75) is 32.4 Å². The van der Waals surface area contributed by atoms with Crippen molar-refractivity contribution in [2.24, 2.45) is 5.73 Å². The number of carbonyl (C=O) groups is 1. The van der Waals surface area contributed by atoms with Crippen LogP contribution < -0.4 is 5.73 Å². The summed E-state index contributed by atoms with van der Waals surface area (Å²) in [6.45, 7) is 4.75. The Morgan fingerprint density at radius 3 is 2.56 bits per heavy atom. The van der Waals surface area contributed by atoms with E-state index < -0.39 is 9.84 Å². The molecule has 1 saturated heterocycles. The number of benzene rings is 1. The lowest BCUT2D eigenvalue weighted by atomic mass is 10.2. The number of rotatable bonds is 9. The van der Waals surface area contributed by atoms with Gasteiger partial charge in [-0.15, -0.1) is 0 Å². The Bertz CT molecular complexity index is 649. The molecule has 6 nitrogen and oxygen atoms in total. The molecular weight excluding hydrogens is 338 g/mol. The van der Waals surface area contributed by atoms with Crippen molar-refractivity contribution in [2.75, 3.05) is 37.7 Å². The lowest BCUT2D eigenvalue weighted by Crippen LogP contribution is -2.46. The molecule has 1 fully saturated rings. The molecule has 0 aliphatic carbocycles. The molecule has 0 bridgehead atoms. The van der Waals surface area contributed by atoms with E-state index in [1.807, 2.05) is 37.3 Å². The molecule has 1 atom stereocenters. The van der Waals surface area contributed by atoms with Gasteiger partial charge in [-0.2, -0.15) is 0 Å². The van der Waals surface area contributed by atoms with Gasteiger partial charge in [0.05, 0.1) is 18.1 Å². The third-order valence-corrected chi connectivity index (χ3v) is 6.35. The van der Waals surface area contributed by atoms with Crippen LogP contribution in [0.1, 0.15) is 25.3 Å². The Labute approximate surface area is 150 Å². The molecule has 0 spiro atoms. The smallest absolute Gasteiger partial charge is 0.237 e. The summed E-state index contributed by atoms with van der Waals surface area (Å²) < 4.78 is 23.5. The fourth-order valence-electron chi connectivity index (χ4n) is 3.31. The molecule has 2 rings (SSSR count). The van der Waals surface area contributed by atoms with Gasteiger partial charge in [0.1, 0.15) is 0 Å². The average Bonchev–Trinajstić information content (AvgIpc) is 2.94. The average molecular weight is 368 g/mol. The van der Waals surface area contributed by atoms with E-state index in [2.05, 4.69) is 4.90 Å². The van der Waals surface area contributed by atoms with Gasteiger partial charge >= 0.3 is 0 Å². The first kappa shape index (κ1) is 19.9. The van der Waals surface area contributed by atoms with Crippen molar-refractivity contribution in [3.05, 3.63) is 35.9 Å². The monoisotopic (exact) mass is 367 g/mol. The third kappa shape index (κ3) is 6.09. The van der Waals surface area contributed by atoms with Crippen molar-refractivity contribution in [3.63, 3.8) is 0 Å². The molecule has 1 heterocycles. The molecule has 25 heavy (non-hydrogen) atoms. The zero-order chi connectivity index (χ0) is 18.3. The fraction of sp³-hybridized carbons (Fsp3) is 0.611. The maximum atomic E-state index is 12.8. The lowest BCUT2D eigenvalue weighted by molar-refractivity contribution is -0.134. The molecule has 1 amide bonds. The molecule has 7 heteroatoms. The minimum Gasteiger partial charge on any atom is -0.338 e. The summed E-state index contributed by atoms with van der Waals surface area (Å²) in [5.41, 5.74) is 6.78. The number of sulfone groups is 1. The molecular formula is C18H29N3O3S. The molecule has 0 aromatic heterocycles. The van der Waals surface area contributed by atoms with E-state index in [-0.39, 0.29) is 23.5 Å². The molecule has 2 N–H and O–H groups in total. The number of hydrogen-bond acceptors (Lipinski definition) is 5. The Balaban J connectivity index is 2.01. The number of nitrogens with zero attached hydrogens (tertiary/aromatic N) is 2. The Kier molecular flexibility index (Phi) is 7.40. The van der Waals surface area contributed by atoms with E-state index in [1.54, 1.807) is 4.90 Å². The Morgan fingerprint density at radius 2 is 2.00 bits per heavy atom. The lowest BCUT2D eigenvalue weighted by Gasteiger charge is -2.30. The molecule has 140 valence electrons. The third-order valence-electron chi connectivity index (χ3n) is 4.60. The van der Waals surface area contributed by atoms with Gasteiger partial charge in [-0.1, -0.05) is 30.3 Å². The zero-order valence-corrected chi connectivity index (χ0v) is 15.7. The number of hydrogen-bond donors (Lipinski definition) is 1. The highest BCUT2D eigenvalue weighted by Gasteiger charge is 2.34. The van der Waals surface area contributed by atoms with Gasteiger partial charge in [-0.05, 0) is 31.9 Å². The van der Waals surface area contributed by atoms with E-state index >= 15 is 0 Å². The first-order valence-corrected chi connectivity index (χ1v) is 10.7. The van der Waals surface area contributed by atoms with E-state index in [0.29, 0.717) is 32.6 Å². The first-order chi connectivity index (χ1) is 11.9. The van der Waals surface area contributed by atoms with Crippen LogP contribution in [0.3, 0.4) is 0 Å². The summed E-state index contributed by atoms with van der Waals surface area (Å²) >= 11 is 0. The Morgan fingerprint density at radius 1 is 1.28 bits per heavy atom. The molecule has 1 aliphatic heterocycles. The zero-order valence-electron chi connectivity index (χ0n) is 14.9. The Hall–Kier alpha value is -1.44. The van der Waals surface area contributed by atoms with Crippen LogP contribution in [-0.2, 0) is 21.2 Å². The number of amides is 1. The van der Waals surface area contributed by atoms with Gasteiger partial charge in [0.25, 0.3) is 0 Å². The van der Waals surface area contributed by atoms with Crippen LogP contribution in [0.2, 0.25) is 0 Å². The van der Waals surface area contributed by atoms with Crippen LogP contribution in [0.15, 0.2) is 30.3 Å². The summed E-state index contributed by atoms with van der Waals surface area (Å²) in [5.74, 6) is 0.272. The summed E-state index contributed by atoms with van der Waals surface area (Å²) in [4.78, 5) is 16.6. The van der Waals surface area contributed by atoms with E-state index in [9.17, 15) is 13.2 Å². The highest BCUT2D eigenvalue weighted by atomic mass is 32.2. The minimum absolute atomic E-state index is 0.00227. The van der Waals surface area contributed by atoms with Crippen LogP contribution in [0.4, 0.5) is 0 Å². The largest absolute Gasteiger partial charge is 0.338 e. The maximum Gasteiger partial charge on any atom is 0.237 e. The van der Waals surface area contributed by atoms with Crippen LogP contribution >= 0.6 is 0 Å². The second-order valence-electron chi connectivity index (χ2n) is 6.58. The fourth-order valence-corrected chi connectivity index (χ4v) is 5.04. The molecule has 1 aromatic carbocycles. The van der Waals surface area contributed by atoms with Crippen LogP contribution in [0, 0.1) is 0 Å². The van der Waals surface area contributed by atoms with Crippen molar-refractivity contribution < 1.29 is 13.2 Å². The van der Waals surface area contributed by atoms with Gasteiger partial charge in [0, 0.05) is 25.7 Å². The van der Waals surface area contributed by atoms with E-state index in [0.717, 1.165) is 18.5 Å². The van der Waals surface area contributed by atoms with Gasteiger partial charge in [-0.3, -0.25) is 9.69 Å². The van der Waals surface area contributed by atoms with Gasteiger partial charge in [0.2, 0.25) is 5.91 Å². The second kappa shape index (κ2) is 9.31. The number of carbonyl (C=O) groups excluding carboxylic acids is 1. The summed E-state index contributed by atoms with van der Waals surface area (Å²) in [6.07, 6.45) is 1.37. The second-order valence-corrected chi connectivity index (χ2v) is 8.80. The highest BCUT2D eigenvalue weighted by Crippen LogP contribution is 2.18. The molecule has 1 unspecified atom stereocenters. The topological polar surface area (TPSA) is 83.7 Å². The summed E-state index contributed by atoms with van der Waals surface area (Å²) in [7, 11) is -3.00. The predicted molar refractivity (Wildman–Crippen MR) is 99.8 cm³/mol. The van der Waals surface area contributed by atoms with Crippen LogP contribution in [0.25, 0.3) is 0 Å². The maximum absolute atomic E-state index is 12.8. The van der Waals surface area contributed by atoms with Crippen molar-refractivity contribution >= 4 is 15.7 Å². The quantitative estimate of drug-likeness (QED) is 0.700. The molecule has 1 aliphatic rings. The van der Waals surface area contributed by atoms with Crippen molar-refractivity contribution in [1.29, 1.82) is 0 Å². The van der Waals surface area contributed by atoms with Crippen molar-refractivity contribution in [3.8, 4) is 0 Å². The standard InChI is InChI=1S/C18H29N3O3S/c1-2-21(17-9-12-25(23,24)15-17)18(22)14-20(11-6-10-19)13-16-7-4-3-5-8-16/h3-5,7-8,17H,2,6,9-15,19H2,1H3. The summed E-state index contributed by atoms with van der Waals surface area (Å²) in [6, 6.07) is 9.84. The van der Waals surface area contributed by atoms with E-state index in [1.165, 1.54) is 0 Å². The molecule has 0 saturated carbocycles. The van der Waals surface area contributed by atoms with Crippen LogP contribution in [-0.4, -0.2) is 67.9 Å². The SMILES string of the molecule is CCN(C(=O)CN(CCCN)Cc1ccccc1)C1CCS(=O)(=O)C1. The molecule has 1 aromatic rings. The number of likely N-dealkylation sites (N-methyl/N-ethyl adjacent to an activating group) is 1. The minimum atomic E-state index is -3.00. The number of nitrogens with two attached hydrogens (primary N) is 1. The van der Waals surface area contributed by atoms with Gasteiger partial charge < -0.3 is 10.6 Å². The van der Waals surface area contributed by atoms with Gasteiger partial charge in [0.15, 0.2) is 9.84 Å². The normalized spacial score (nSPS) is 19.2. The van der Waals surface area contributed by atoms with E-state index in [4.69, 9.17) is 5.73 Å². The summed E-state index contributed by atoms with van der Waals surface area (Å²) in [5, 5.41) is 0. The molecule has 0 radical (unpaired) electrons. The van der Waals surface area contributed by atoms with Crippen LogP contribution in [0.5, 0.6) is 0 Å². The van der Waals surface area contributed by atoms with Gasteiger partial charge in [-0.25, -0.2) is 8.42 Å². The highest BCUT2D eigenvalue weighted by molar-refractivity contribution is 7.91. The predicted octanol–water partition coefficient (Wildman–Crippen LogP) is 0.873. The first-order valence-electron chi connectivity index (χ1n) is 8.91. The van der Waals surface area contributed by atoms with Crippen molar-refractivity contribution in [1.82, 2.24) is 9.80 Å².